The molecule has 4 heteroatoms. The van der Waals surface area contributed by atoms with Gasteiger partial charge in [-0.25, -0.2) is 4.79 Å². The smallest absolute Gasteiger partial charge is 0.347 e. The highest BCUT2D eigenvalue weighted by molar-refractivity contribution is 5.94. The third kappa shape index (κ3) is 3.73. The monoisotopic (exact) mass is 320 g/mol. The summed E-state index contributed by atoms with van der Waals surface area (Å²) in [5, 5.41) is 0. The Kier molecular flexibility index (Phi) is 4.77. The molecule has 4 nitrogen and oxygen atoms in total. The standard InChI is InChI=1S/C20H16O4/c1-22-15-11-13-17(14-12-15)23-19-10-6-5-9-18(19)20(21)24-16-7-3-2-4-8-16/h2-14H,1H3. The zero-order chi connectivity index (χ0) is 16.8. The lowest BCUT2D eigenvalue weighted by atomic mass is 10.2. The van der Waals surface area contributed by atoms with Crippen LogP contribution in [-0.4, -0.2) is 13.1 Å². The maximum Gasteiger partial charge on any atom is 0.347 e. The first kappa shape index (κ1) is 15.6. The van der Waals surface area contributed by atoms with Crippen LogP contribution in [0.1, 0.15) is 10.4 Å². The first-order valence-corrected chi connectivity index (χ1v) is 7.44. The van der Waals surface area contributed by atoms with Crippen molar-refractivity contribution in [3.63, 3.8) is 0 Å². The quantitative estimate of drug-likeness (QED) is 0.504. The predicted molar refractivity (Wildman–Crippen MR) is 90.9 cm³/mol. The number of esters is 1. The second kappa shape index (κ2) is 7.33. The van der Waals surface area contributed by atoms with Crippen LogP contribution in [0.4, 0.5) is 0 Å². The molecule has 3 aromatic carbocycles. The molecule has 0 saturated heterocycles. The summed E-state index contributed by atoms with van der Waals surface area (Å²) in [5.74, 6) is 1.80. The zero-order valence-electron chi connectivity index (χ0n) is 13.1. The first-order valence-electron chi connectivity index (χ1n) is 7.44. The van der Waals surface area contributed by atoms with E-state index in [1.165, 1.54) is 0 Å². The van der Waals surface area contributed by atoms with Crippen LogP contribution in [0, 0.1) is 0 Å². The van der Waals surface area contributed by atoms with Crippen molar-refractivity contribution in [3.8, 4) is 23.0 Å². The highest BCUT2D eigenvalue weighted by Gasteiger charge is 2.15. The van der Waals surface area contributed by atoms with Crippen LogP contribution in [0.5, 0.6) is 23.0 Å². The molecule has 0 bridgehead atoms. The van der Waals surface area contributed by atoms with Gasteiger partial charge in [0.25, 0.3) is 0 Å². The lowest BCUT2D eigenvalue weighted by Crippen LogP contribution is -2.09. The van der Waals surface area contributed by atoms with E-state index in [-0.39, 0.29) is 0 Å². The first-order chi connectivity index (χ1) is 11.8. The molecule has 0 aliphatic rings. The highest BCUT2D eigenvalue weighted by atomic mass is 16.5. The normalized spacial score (nSPS) is 10.0. The van der Waals surface area contributed by atoms with Crippen molar-refractivity contribution in [1.29, 1.82) is 0 Å². The minimum Gasteiger partial charge on any atom is -0.497 e. The number of hydrogen-bond acceptors (Lipinski definition) is 4. The fourth-order valence-electron chi connectivity index (χ4n) is 2.15. The molecular formula is C20H16O4. The molecule has 0 aromatic heterocycles. The van der Waals surface area contributed by atoms with E-state index in [9.17, 15) is 4.79 Å². The molecule has 0 atom stereocenters. The molecule has 3 aromatic rings. The molecule has 120 valence electrons. The molecule has 0 saturated carbocycles. The van der Waals surface area contributed by atoms with Crippen LogP contribution in [0.2, 0.25) is 0 Å². The van der Waals surface area contributed by atoms with E-state index in [1.807, 2.05) is 18.2 Å². The number of benzene rings is 3. The largest absolute Gasteiger partial charge is 0.497 e. The number of carbonyl (C=O) groups is 1. The van der Waals surface area contributed by atoms with E-state index in [1.54, 1.807) is 67.8 Å². The molecule has 0 spiro atoms. The van der Waals surface area contributed by atoms with Crippen LogP contribution >= 0.6 is 0 Å². The lowest BCUT2D eigenvalue weighted by Gasteiger charge is -2.11. The Morgan fingerprint density at radius 2 is 1.33 bits per heavy atom. The molecule has 24 heavy (non-hydrogen) atoms. The molecule has 0 fully saturated rings. The number of hydrogen-bond donors (Lipinski definition) is 0. The molecule has 3 rings (SSSR count). The molecule has 0 unspecified atom stereocenters. The van der Waals surface area contributed by atoms with Crippen molar-refractivity contribution in [2.75, 3.05) is 7.11 Å². The van der Waals surface area contributed by atoms with Crippen molar-refractivity contribution in [1.82, 2.24) is 0 Å². The Morgan fingerprint density at radius 3 is 2.04 bits per heavy atom. The number of rotatable bonds is 5. The highest BCUT2D eigenvalue weighted by Crippen LogP contribution is 2.27. The van der Waals surface area contributed by atoms with E-state index in [2.05, 4.69) is 0 Å². The Bertz CT molecular complexity index is 811. The summed E-state index contributed by atoms with van der Waals surface area (Å²) in [6.45, 7) is 0. The van der Waals surface area contributed by atoms with Crippen LogP contribution in [0.15, 0.2) is 78.9 Å². The summed E-state index contributed by atoms with van der Waals surface area (Å²) >= 11 is 0. The van der Waals surface area contributed by atoms with Crippen molar-refractivity contribution < 1.29 is 19.0 Å². The van der Waals surface area contributed by atoms with Crippen LogP contribution in [-0.2, 0) is 0 Å². The second-order valence-electron chi connectivity index (χ2n) is 4.98. The number of carbonyl (C=O) groups excluding carboxylic acids is 1. The second-order valence-corrected chi connectivity index (χ2v) is 4.98. The summed E-state index contributed by atoms with van der Waals surface area (Å²) in [6.07, 6.45) is 0. The summed E-state index contributed by atoms with van der Waals surface area (Å²) in [7, 11) is 1.60. The molecule has 0 heterocycles. The van der Waals surface area contributed by atoms with Gasteiger partial charge in [0.05, 0.1) is 7.11 Å². The van der Waals surface area contributed by atoms with Crippen molar-refractivity contribution in [3.05, 3.63) is 84.4 Å². The average Bonchev–Trinajstić information content (AvgIpc) is 2.63. The van der Waals surface area contributed by atoms with Gasteiger partial charge >= 0.3 is 5.97 Å². The van der Waals surface area contributed by atoms with Gasteiger partial charge < -0.3 is 14.2 Å². The molecule has 0 aliphatic carbocycles. The fourth-order valence-corrected chi connectivity index (χ4v) is 2.15. The van der Waals surface area contributed by atoms with Gasteiger partial charge in [0.15, 0.2) is 0 Å². The minimum absolute atomic E-state index is 0.358. The maximum absolute atomic E-state index is 12.4. The number of para-hydroxylation sites is 2. The number of ether oxygens (including phenoxy) is 3. The Balaban J connectivity index is 1.80. The topological polar surface area (TPSA) is 44.8 Å². The zero-order valence-corrected chi connectivity index (χ0v) is 13.1. The Hall–Kier alpha value is -3.27. The van der Waals surface area contributed by atoms with Crippen LogP contribution in [0.25, 0.3) is 0 Å². The summed E-state index contributed by atoms with van der Waals surface area (Å²) in [6, 6.07) is 23.0. The fraction of sp³-hybridized carbons (Fsp3) is 0.0500. The third-order valence-electron chi connectivity index (χ3n) is 3.35. The molecule has 0 amide bonds. The van der Waals surface area contributed by atoms with Gasteiger partial charge in [-0.1, -0.05) is 30.3 Å². The van der Waals surface area contributed by atoms with Gasteiger partial charge in [0.2, 0.25) is 0 Å². The van der Waals surface area contributed by atoms with Crippen LogP contribution in [0.3, 0.4) is 0 Å². The van der Waals surface area contributed by atoms with Gasteiger partial charge in [0.1, 0.15) is 28.6 Å². The van der Waals surface area contributed by atoms with Crippen molar-refractivity contribution >= 4 is 5.97 Å². The maximum atomic E-state index is 12.4. The summed E-state index contributed by atoms with van der Waals surface area (Å²) < 4.78 is 16.3. The van der Waals surface area contributed by atoms with E-state index < -0.39 is 5.97 Å². The van der Waals surface area contributed by atoms with E-state index in [4.69, 9.17) is 14.2 Å². The minimum atomic E-state index is -0.467. The molecule has 0 radical (unpaired) electrons. The van der Waals surface area contributed by atoms with Gasteiger partial charge in [-0.2, -0.15) is 0 Å². The summed E-state index contributed by atoms with van der Waals surface area (Å²) in [4.78, 5) is 12.4. The van der Waals surface area contributed by atoms with Gasteiger partial charge in [-0.3, -0.25) is 0 Å². The van der Waals surface area contributed by atoms with Gasteiger partial charge in [-0.05, 0) is 48.5 Å². The SMILES string of the molecule is COc1ccc(Oc2ccccc2C(=O)Oc2ccccc2)cc1. The lowest BCUT2D eigenvalue weighted by molar-refractivity contribution is 0.0732. The van der Waals surface area contributed by atoms with Crippen molar-refractivity contribution in [2.45, 2.75) is 0 Å². The molecule has 0 N–H and O–H groups in total. The number of methoxy groups -OCH3 is 1. The van der Waals surface area contributed by atoms with Crippen LogP contribution < -0.4 is 14.2 Å². The average molecular weight is 320 g/mol. The van der Waals surface area contributed by atoms with Crippen molar-refractivity contribution in [2.24, 2.45) is 0 Å². The molecular weight excluding hydrogens is 304 g/mol. The predicted octanol–water partition coefficient (Wildman–Crippen LogP) is 4.71. The summed E-state index contributed by atoms with van der Waals surface area (Å²) in [5.41, 5.74) is 0.358. The van der Waals surface area contributed by atoms with E-state index in [0.717, 1.165) is 5.75 Å². The van der Waals surface area contributed by atoms with E-state index >= 15 is 0 Å². The van der Waals surface area contributed by atoms with Gasteiger partial charge in [-0.15, -0.1) is 0 Å². The Morgan fingerprint density at radius 1 is 0.708 bits per heavy atom. The Labute approximate surface area is 140 Å². The third-order valence-corrected chi connectivity index (χ3v) is 3.35. The molecule has 0 aliphatic heterocycles. The van der Waals surface area contributed by atoms with E-state index in [0.29, 0.717) is 22.8 Å². The van der Waals surface area contributed by atoms with Gasteiger partial charge in [0, 0.05) is 0 Å².